The lowest BCUT2D eigenvalue weighted by Crippen LogP contribution is -2.47. The second-order valence-corrected chi connectivity index (χ2v) is 8.23. The van der Waals surface area contributed by atoms with Crippen LogP contribution in [-0.4, -0.2) is 87.3 Å². The van der Waals surface area contributed by atoms with Gasteiger partial charge in [-0.05, 0) is 25.1 Å². The molecule has 1 N–H and O–H groups in total. The van der Waals surface area contributed by atoms with Crippen molar-refractivity contribution in [2.75, 3.05) is 57.9 Å². The van der Waals surface area contributed by atoms with Crippen LogP contribution in [0.4, 0.5) is 0 Å². The second kappa shape index (κ2) is 7.71. The second-order valence-electron chi connectivity index (χ2n) is 5.61. The third-order valence-electron chi connectivity index (χ3n) is 4.10. The zero-order valence-electron chi connectivity index (χ0n) is 12.6. The van der Waals surface area contributed by atoms with E-state index in [2.05, 4.69) is 15.1 Å². The predicted molar refractivity (Wildman–Crippen MR) is 87.3 cm³/mol. The van der Waals surface area contributed by atoms with E-state index < -0.39 is 9.84 Å². The van der Waals surface area contributed by atoms with Gasteiger partial charge in [0, 0.05) is 39.3 Å². The van der Waals surface area contributed by atoms with Crippen LogP contribution < -0.4 is 5.32 Å². The molecule has 0 unspecified atom stereocenters. The highest BCUT2D eigenvalue weighted by Crippen LogP contribution is 2.18. The van der Waals surface area contributed by atoms with Crippen molar-refractivity contribution in [3.05, 3.63) is 0 Å². The Hall–Kier alpha value is -0.440. The first-order valence-electron chi connectivity index (χ1n) is 7.51. The van der Waals surface area contributed by atoms with Gasteiger partial charge in [-0.3, -0.25) is 4.90 Å². The summed E-state index contributed by atoms with van der Waals surface area (Å²) in [7, 11) is -1.09. The first-order valence-corrected chi connectivity index (χ1v) is 9.73. The van der Waals surface area contributed by atoms with Crippen molar-refractivity contribution in [2.45, 2.75) is 18.9 Å². The zero-order chi connectivity index (χ0) is 15.3. The topological polar surface area (TPSA) is 61.9 Å². The predicted octanol–water partition coefficient (Wildman–Crippen LogP) is -0.298. The van der Waals surface area contributed by atoms with E-state index in [4.69, 9.17) is 17.0 Å². The van der Waals surface area contributed by atoms with E-state index in [9.17, 15) is 8.42 Å². The first-order chi connectivity index (χ1) is 10.0. The van der Waals surface area contributed by atoms with Gasteiger partial charge in [-0.1, -0.05) is 0 Å². The van der Waals surface area contributed by atoms with Gasteiger partial charge >= 0.3 is 0 Å². The van der Waals surface area contributed by atoms with Crippen LogP contribution in [0.25, 0.3) is 0 Å². The summed E-state index contributed by atoms with van der Waals surface area (Å²) in [6.45, 7) is 5.38. The largest absolute Gasteiger partial charge is 0.379 e. The van der Waals surface area contributed by atoms with E-state index in [1.165, 1.54) is 0 Å². The van der Waals surface area contributed by atoms with Crippen LogP contribution >= 0.6 is 12.2 Å². The highest BCUT2D eigenvalue weighted by atomic mass is 32.2. The van der Waals surface area contributed by atoms with E-state index in [1.807, 2.05) is 0 Å². The third kappa shape index (κ3) is 5.05. The lowest BCUT2D eigenvalue weighted by molar-refractivity contribution is 0.0365. The summed E-state index contributed by atoms with van der Waals surface area (Å²) in [6, 6.07) is 0.0274. The summed E-state index contributed by atoms with van der Waals surface area (Å²) < 4.78 is 28.7. The smallest absolute Gasteiger partial charge is 0.168 e. The molecule has 0 radical (unpaired) electrons. The Bertz CT molecular complexity index is 450. The monoisotopic (exact) mass is 335 g/mol. The van der Waals surface area contributed by atoms with Gasteiger partial charge in [0.2, 0.25) is 0 Å². The number of sulfone groups is 1. The molecule has 2 aliphatic heterocycles. The molecule has 0 aliphatic carbocycles. The molecule has 21 heavy (non-hydrogen) atoms. The summed E-state index contributed by atoms with van der Waals surface area (Å²) in [5.74, 6) is 0.510. The van der Waals surface area contributed by atoms with Crippen LogP contribution in [0.15, 0.2) is 0 Å². The number of morpholine rings is 1. The minimum atomic E-state index is -2.88. The van der Waals surface area contributed by atoms with Crippen molar-refractivity contribution in [3.8, 4) is 0 Å². The first kappa shape index (κ1) is 16.9. The Labute approximate surface area is 132 Å². The number of hydrogen-bond acceptors (Lipinski definition) is 5. The van der Waals surface area contributed by atoms with Gasteiger partial charge < -0.3 is 15.0 Å². The number of nitrogens with zero attached hydrogens (tertiary/aromatic N) is 2. The van der Waals surface area contributed by atoms with Gasteiger partial charge in [0.25, 0.3) is 0 Å². The summed E-state index contributed by atoms with van der Waals surface area (Å²) in [4.78, 5) is 4.44. The molecule has 0 spiro atoms. The van der Waals surface area contributed by atoms with Gasteiger partial charge in [-0.15, -0.1) is 0 Å². The van der Waals surface area contributed by atoms with Crippen LogP contribution in [0, 0.1) is 0 Å². The molecule has 6 nitrogen and oxygen atoms in total. The number of ether oxygens (including phenoxy) is 1. The Balaban J connectivity index is 1.83. The van der Waals surface area contributed by atoms with Crippen molar-refractivity contribution in [1.82, 2.24) is 15.1 Å². The maximum atomic E-state index is 11.7. The molecule has 122 valence electrons. The Morgan fingerprint density at radius 2 is 2.14 bits per heavy atom. The van der Waals surface area contributed by atoms with Crippen molar-refractivity contribution < 1.29 is 13.2 Å². The molecule has 0 saturated carbocycles. The lowest BCUT2D eigenvalue weighted by Gasteiger charge is -2.32. The molecule has 2 aliphatic rings. The number of thiocarbonyl (C=S) groups is 1. The molecule has 2 saturated heterocycles. The van der Waals surface area contributed by atoms with Crippen molar-refractivity contribution in [1.29, 1.82) is 0 Å². The third-order valence-corrected chi connectivity index (χ3v) is 6.29. The summed E-state index contributed by atoms with van der Waals surface area (Å²) >= 11 is 5.34. The van der Waals surface area contributed by atoms with Crippen LogP contribution in [0.2, 0.25) is 0 Å². The Kier molecular flexibility index (Phi) is 6.21. The van der Waals surface area contributed by atoms with Gasteiger partial charge in [0.15, 0.2) is 14.9 Å². The summed E-state index contributed by atoms with van der Waals surface area (Å²) in [6.07, 6.45) is 1.67. The van der Waals surface area contributed by atoms with E-state index in [1.54, 1.807) is 7.05 Å². The fourth-order valence-electron chi connectivity index (χ4n) is 2.90. The number of hydrogen-bond donors (Lipinski definition) is 1. The highest BCUT2D eigenvalue weighted by Gasteiger charge is 2.33. The van der Waals surface area contributed by atoms with Crippen LogP contribution in [-0.2, 0) is 14.6 Å². The maximum Gasteiger partial charge on any atom is 0.168 e. The molecule has 2 heterocycles. The molecule has 0 amide bonds. The van der Waals surface area contributed by atoms with E-state index in [-0.39, 0.29) is 17.5 Å². The van der Waals surface area contributed by atoms with Crippen LogP contribution in [0.5, 0.6) is 0 Å². The molecule has 0 aromatic heterocycles. The lowest BCUT2D eigenvalue weighted by atomic mass is 10.2. The molecular weight excluding hydrogens is 310 g/mol. The molecule has 2 fully saturated rings. The van der Waals surface area contributed by atoms with E-state index in [0.717, 1.165) is 45.8 Å². The Morgan fingerprint density at radius 3 is 2.71 bits per heavy atom. The minimum Gasteiger partial charge on any atom is -0.379 e. The fourth-order valence-corrected chi connectivity index (χ4v) is 4.88. The fraction of sp³-hybridized carbons (Fsp3) is 0.923. The molecule has 0 aromatic rings. The standard InChI is InChI=1S/C13H25N3O3S2/c1-14-13(20)16(12-3-10-21(17,18)11-12)5-2-4-15-6-8-19-9-7-15/h12H,2-11H2,1H3,(H,14,20)/t12-/m0/s1. The minimum absolute atomic E-state index is 0.0274. The number of nitrogens with one attached hydrogen (secondary N) is 1. The van der Waals surface area contributed by atoms with Gasteiger partial charge in [0.1, 0.15) is 0 Å². The maximum absolute atomic E-state index is 11.7. The van der Waals surface area contributed by atoms with Crippen LogP contribution in [0.3, 0.4) is 0 Å². The molecule has 0 bridgehead atoms. The van der Waals surface area contributed by atoms with E-state index in [0.29, 0.717) is 11.5 Å². The summed E-state index contributed by atoms with van der Waals surface area (Å²) in [5.41, 5.74) is 0. The molecular formula is C13H25N3O3S2. The van der Waals surface area contributed by atoms with Crippen molar-refractivity contribution in [3.63, 3.8) is 0 Å². The molecule has 2 rings (SSSR count). The van der Waals surface area contributed by atoms with Crippen molar-refractivity contribution in [2.24, 2.45) is 0 Å². The van der Waals surface area contributed by atoms with Crippen LogP contribution in [0.1, 0.15) is 12.8 Å². The van der Waals surface area contributed by atoms with Gasteiger partial charge in [0.05, 0.1) is 24.7 Å². The van der Waals surface area contributed by atoms with E-state index >= 15 is 0 Å². The molecule has 8 heteroatoms. The number of rotatable bonds is 5. The highest BCUT2D eigenvalue weighted by molar-refractivity contribution is 7.91. The molecule has 1 atom stereocenters. The molecule has 0 aromatic carbocycles. The average Bonchev–Trinajstić information content (AvgIpc) is 2.84. The zero-order valence-corrected chi connectivity index (χ0v) is 14.2. The van der Waals surface area contributed by atoms with Gasteiger partial charge in [-0.2, -0.15) is 0 Å². The average molecular weight is 335 g/mol. The van der Waals surface area contributed by atoms with Gasteiger partial charge in [-0.25, -0.2) is 8.42 Å². The summed E-state index contributed by atoms with van der Waals surface area (Å²) in [5, 5.41) is 3.64. The van der Waals surface area contributed by atoms with Crippen molar-refractivity contribution >= 4 is 27.2 Å². The quantitative estimate of drug-likeness (QED) is 0.692. The Morgan fingerprint density at radius 1 is 1.43 bits per heavy atom. The SMILES string of the molecule is CNC(=S)N(CCCN1CCOCC1)[C@H]1CCS(=O)(=O)C1. The normalized spacial score (nSPS) is 25.7.